The summed E-state index contributed by atoms with van der Waals surface area (Å²) < 4.78 is 0. The molecule has 1 saturated heterocycles. The number of nitrogens with zero attached hydrogens (tertiary/aromatic N) is 1. The van der Waals surface area contributed by atoms with Crippen LogP contribution in [0.1, 0.15) is 29.3 Å². The molecule has 4 nitrogen and oxygen atoms in total. The first kappa shape index (κ1) is 12.1. The smallest absolute Gasteiger partial charge is 0.326 e. The average molecular weight is 253 g/mol. The highest BCUT2D eigenvalue weighted by Crippen LogP contribution is 2.27. The van der Waals surface area contributed by atoms with Gasteiger partial charge in [0.2, 0.25) is 0 Å². The Morgan fingerprint density at radius 1 is 1.47 bits per heavy atom. The van der Waals surface area contributed by atoms with Crippen molar-refractivity contribution in [2.24, 2.45) is 5.92 Å². The van der Waals surface area contributed by atoms with Crippen LogP contribution in [0.5, 0.6) is 0 Å². The highest BCUT2D eigenvalue weighted by atomic mass is 32.1. The number of hydrogen-bond donors (Lipinski definition) is 1. The third-order valence-electron chi connectivity index (χ3n) is 3.30. The van der Waals surface area contributed by atoms with Gasteiger partial charge in [-0.3, -0.25) is 4.79 Å². The van der Waals surface area contributed by atoms with E-state index in [2.05, 4.69) is 0 Å². The third kappa shape index (κ3) is 2.07. The number of likely N-dealkylation sites (tertiary alicyclic amines) is 1. The van der Waals surface area contributed by atoms with E-state index in [0.29, 0.717) is 12.1 Å². The van der Waals surface area contributed by atoms with Crippen molar-refractivity contribution in [1.82, 2.24) is 4.90 Å². The van der Waals surface area contributed by atoms with Gasteiger partial charge in [-0.2, -0.15) is 11.3 Å². The maximum atomic E-state index is 12.3. The van der Waals surface area contributed by atoms with Crippen LogP contribution in [-0.4, -0.2) is 34.5 Å². The largest absolute Gasteiger partial charge is 0.480 e. The van der Waals surface area contributed by atoms with Gasteiger partial charge < -0.3 is 10.0 Å². The number of hydrogen-bond acceptors (Lipinski definition) is 3. The summed E-state index contributed by atoms with van der Waals surface area (Å²) in [5.74, 6) is -1.04. The number of rotatable bonds is 2. The third-order valence-corrected chi connectivity index (χ3v) is 4.16. The SMILES string of the molecule is Cc1cscc1C(=O)N1CCC(C)C1C(=O)O. The Kier molecular flexibility index (Phi) is 3.19. The van der Waals surface area contributed by atoms with E-state index in [4.69, 9.17) is 0 Å². The van der Waals surface area contributed by atoms with Crippen LogP contribution in [0, 0.1) is 12.8 Å². The first-order chi connectivity index (χ1) is 8.02. The van der Waals surface area contributed by atoms with Gasteiger partial charge in [-0.05, 0) is 30.2 Å². The van der Waals surface area contributed by atoms with E-state index in [-0.39, 0.29) is 11.8 Å². The Morgan fingerprint density at radius 2 is 2.18 bits per heavy atom. The second-order valence-corrected chi connectivity index (χ2v) is 5.26. The fourth-order valence-electron chi connectivity index (χ4n) is 2.29. The van der Waals surface area contributed by atoms with Gasteiger partial charge in [-0.15, -0.1) is 0 Å². The number of carbonyl (C=O) groups excluding carboxylic acids is 1. The minimum Gasteiger partial charge on any atom is -0.480 e. The molecule has 2 rings (SSSR count). The van der Waals surface area contributed by atoms with E-state index >= 15 is 0 Å². The molecule has 1 aliphatic rings. The Hall–Kier alpha value is -1.36. The molecule has 0 radical (unpaired) electrons. The normalized spacial score (nSPS) is 24.0. The van der Waals surface area contributed by atoms with Gasteiger partial charge in [-0.25, -0.2) is 4.79 Å². The molecule has 0 aromatic carbocycles. The Morgan fingerprint density at radius 3 is 2.71 bits per heavy atom. The minimum atomic E-state index is -0.906. The van der Waals surface area contributed by atoms with E-state index in [9.17, 15) is 14.7 Å². The zero-order chi connectivity index (χ0) is 12.6. The molecule has 2 atom stereocenters. The number of thiophene rings is 1. The molecule has 0 spiro atoms. The zero-order valence-corrected chi connectivity index (χ0v) is 10.7. The van der Waals surface area contributed by atoms with Gasteiger partial charge in [0.1, 0.15) is 6.04 Å². The molecule has 92 valence electrons. The van der Waals surface area contributed by atoms with Crippen LogP contribution in [0.25, 0.3) is 0 Å². The van der Waals surface area contributed by atoms with Crippen molar-refractivity contribution in [2.75, 3.05) is 6.54 Å². The molecule has 0 bridgehead atoms. The van der Waals surface area contributed by atoms with Crippen molar-refractivity contribution >= 4 is 23.2 Å². The second-order valence-electron chi connectivity index (χ2n) is 4.52. The fraction of sp³-hybridized carbons (Fsp3) is 0.500. The Balaban J connectivity index is 2.26. The van der Waals surface area contributed by atoms with Gasteiger partial charge in [0.15, 0.2) is 0 Å². The lowest BCUT2D eigenvalue weighted by Crippen LogP contribution is -2.42. The Labute approximate surface area is 104 Å². The maximum Gasteiger partial charge on any atom is 0.326 e. The van der Waals surface area contributed by atoms with E-state index in [1.165, 1.54) is 16.2 Å². The highest BCUT2D eigenvalue weighted by molar-refractivity contribution is 7.08. The molecule has 2 unspecified atom stereocenters. The molecule has 1 aromatic heterocycles. The summed E-state index contributed by atoms with van der Waals surface area (Å²) >= 11 is 1.47. The molecule has 5 heteroatoms. The molecule has 1 aromatic rings. The lowest BCUT2D eigenvalue weighted by Gasteiger charge is -2.23. The van der Waals surface area contributed by atoms with Crippen molar-refractivity contribution in [3.8, 4) is 0 Å². The number of carbonyl (C=O) groups is 2. The van der Waals surface area contributed by atoms with E-state index in [1.54, 1.807) is 5.38 Å². The second kappa shape index (κ2) is 4.49. The van der Waals surface area contributed by atoms with Crippen LogP contribution in [-0.2, 0) is 4.79 Å². The van der Waals surface area contributed by atoms with E-state index in [0.717, 1.165) is 12.0 Å². The molecule has 0 aliphatic carbocycles. The van der Waals surface area contributed by atoms with E-state index in [1.807, 2.05) is 19.2 Å². The number of amides is 1. The Bertz CT molecular complexity index is 454. The predicted octanol–water partition coefficient (Wildman–Crippen LogP) is 1.99. The van der Waals surface area contributed by atoms with Crippen molar-refractivity contribution in [3.63, 3.8) is 0 Å². The topological polar surface area (TPSA) is 57.6 Å². The van der Waals surface area contributed by atoms with Crippen LogP contribution in [0.2, 0.25) is 0 Å². The number of aryl methyl sites for hydroxylation is 1. The van der Waals surface area contributed by atoms with Gasteiger partial charge in [0.05, 0.1) is 5.56 Å². The summed E-state index contributed by atoms with van der Waals surface area (Å²) in [6, 6.07) is -0.679. The van der Waals surface area contributed by atoms with Crippen LogP contribution < -0.4 is 0 Å². The standard InChI is InChI=1S/C12H15NO3S/c1-7-3-4-13(10(7)12(15)16)11(14)9-6-17-5-8(9)2/h5-7,10H,3-4H2,1-2H3,(H,15,16). The molecular formula is C12H15NO3S. The number of carboxylic acid groups (broad SMARTS) is 1. The maximum absolute atomic E-state index is 12.3. The van der Waals surface area contributed by atoms with Crippen LogP contribution in [0.3, 0.4) is 0 Å². The van der Waals surface area contributed by atoms with Gasteiger partial charge in [-0.1, -0.05) is 6.92 Å². The molecule has 1 amide bonds. The zero-order valence-electron chi connectivity index (χ0n) is 9.84. The minimum absolute atomic E-state index is 0.0235. The van der Waals surface area contributed by atoms with Crippen LogP contribution >= 0.6 is 11.3 Å². The van der Waals surface area contributed by atoms with Crippen LogP contribution in [0.15, 0.2) is 10.8 Å². The van der Waals surface area contributed by atoms with Crippen LogP contribution in [0.4, 0.5) is 0 Å². The molecular weight excluding hydrogens is 238 g/mol. The highest BCUT2D eigenvalue weighted by Gasteiger charge is 2.40. The van der Waals surface area contributed by atoms with Crippen molar-refractivity contribution in [3.05, 3.63) is 21.9 Å². The number of aliphatic carboxylic acids is 1. The summed E-state index contributed by atoms with van der Waals surface area (Å²) in [5.41, 5.74) is 1.55. The van der Waals surface area contributed by atoms with Gasteiger partial charge >= 0.3 is 5.97 Å². The average Bonchev–Trinajstić information content (AvgIpc) is 2.83. The van der Waals surface area contributed by atoms with Crippen molar-refractivity contribution in [1.29, 1.82) is 0 Å². The fourth-order valence-corrected chi connectivity index (χ4v) is 3.11. The summed E-state index contributed by atoms with van der Waals surface area (Å²) in [7, 11) is 0. The van der Waals surface area contributed by atoms with Gasteiger partial charge in [0.25, 0.3) is 5.91 Å². The monoisotopic (exact) mass is 253 g/mol. The molecule has 1 N–H and O–H groups in total. The summed E-state index contributed by atoms with van der Waals surface area (Å²) in [4.78, 5) is 24.9. The molecule has 17 heavy (non-hydrogen) atoms. The summed E-state index contributed by atoms with van der Waals surface area (Å²) in [5, 5.41) is 12.9. The van der Waals surface area contributed by atoms with Crippen molar-refractivity contribution in [2.45, 2.75) is 26.3 Å². The lowest BCUT2D eigenvalue weighted by molar-refractivity contribution is -0.142. The van der Waals surface area contributed by atoms with Gasteiger partial charge in [0, 0.05) is 11.9 Å². The van der Waals surface area contributed by atoms with Crippen molar-refractivity contribution < 1.29 is 14.7 Å². The molecule has 0 saturated carbocycles. The first-order valence-corrected chi connectivity index (χ1v) is 6.53. The summed E-state index contributed by atoms with van der Waals surface area (Å²) in [6.07, 6.45) is 0.756. The molecule has 1 aliphatic heterocycles. The molecule has 2 heterocycles. The quantitative estimate of drug-likeness (QED) is 0.877. The number of carboxylic acids is 1. The van der Waals surface area contributed by atoms with E-state index < -0.39 is 12.0 Å². The summed E-state index contributed by atoms with van der Waals surface area (Å²) in [6.45, 7) is 4.29. The predicted molar refractivity (Wildman–Crippen MR) is 65.3 cm³/mol. The molecule has 1 fully saturated rings. The lowest BCUT2D eigenvalue weighted by atomic mass is 10.0. The first-order valence-electron chi connectivity index (χ1n) is 5.59.